The number of halogens is 18. The van der Waals surface area contributed by atoms with Crippen molar-refractivity contribution in [1.29, 1.82) is 0 Å². The number of nitrogens with zero attached hydrogens (tertiary/aromatic N) is 4. The maximum atomic E-state index is 14.3. The molecule has 0 fully saturated rings. The standard InChI is InChI=1S/C60H32F18N4/c1-29-19-40(34-8-14-50-42(22-34)44-28-80-18-16-52(44)82(50)38-11-5-32(6-12-38)54-47(59(73,74)75)25-36(56(64,65)66)26-48(54)60(76,77)78)30(2)20-39(29)33-7-13-49-41(21-33)43-27-79-17-15-51(43)81(49)37-9-3-31(4-10-37)53-45(57(67,68)69)23-35(55(61,62)63)24-46(53)58(70,71)72/h3-28H,1-2H3. The average molecular weight is 1150 g/mol. The van der Waals surface area contributed by atoms with Crippen LogP contribution in [-0.4, -0.2) is 19.1 Å². The van der Waals surface area contributed by atoms with Gasteiger partial charge in [0.05, 0.1) is 55.4 Å². The van der Waals surface area contributed by atoms with Crippen LogP contribution in [0.2, 0.25) is 0 Å². The second kappa shape index (κ2) is 18.9. The molecule has 4 heterocycles. The van der Waals surface area contributed by atoms with Crippen LogP contribution in [0.15, 0.2) is 158 Å². The van der Waals surface area contributed by atoms with Gasteiger partial charge in [-0.3, -0.25) is 9.97 Å². The summed E-state index contributed by atoms with van der Waals surface area (Å²) in [6, 6.07) is 25.9. The average Bonchev–Trinajstić information content (AvgIpc) is 2.18. The molecule has 0 aliphatic heterocycles. The van der Waals surface area contributed by atoms with E-state index in [-0.39, 0.29) is 24.3 Å². The van der Waals surface area contributed by atoms with E-state index < -0.39 is 92.7 Å². The van der Waals surface area contributed by atoms with E-state index in [1.54, 1.807) is 45.8 Å². The number of pyridine rings is 2. The summed E-state index contributed by atoms with van der Waals surface area (Å²) in [7, 11) is 0. The molecule has 7 aromatic carbocycles. The Hall–Kier alpha value is -8.82. The molecule has 4 aromatic heterocycles. The maximum Gasteiger partial charge on any atom is 0.417 e. The number of rotatable bonds is 6. The van der Waals surface area contributed by atoms with Crippen molar-refractivity contribution in [3.05, 3.63) is 203 Å². The van der Waals surface area contributed by atoms with Crippen LogP contribution in [0.25, 0.3) is 99.5 Å². The van der Waals surface area contributed by atoms with Crippen molar-refractivity contribution in [1.82, 2.24) is 19.1 Å². The zero-order valence-electron chi connectivity index (χ0n) is 41.6. The van der Waals surface area contributed by atoms with Gasteiger partial charge in [0.1, 0.15) is 0 Å². The lowest BCUT2D eigenvalue weighted by atomic mass is 9.91. The van der Waals surface area contributed by atoms with Crippen LogP contribution < -0.4 is 0 Å². The van der Waals surface area contributed by atoms with Crippen LogP contribution >= 0.6 is 0 Å². The first-order valence-corrected chi connectivity index (χ1v) is 24.2. The molecule has 0 unspecified atom stereocenters. The van der Waals surface area contributed by atoms with Gasteiger partial charge in [-0.05, 0) is 143 Å². The molecule has 0 saturated carbocycles. The summed E-state index contributed by atoms with van der Waals surface area (Å²) in [5, 5.41) is 2.57. The van der Waals surface area contributed by atoms with Crippen LogP contribution in [0.3, 0.4) is 0 Å². The van der Waals surface area contributed by atoms with Gasteiger partial charge in [-0.2, -0.15) is 79.0 Å². The van der Waals surface area contributed by atoms with E-state index in [0.29, 0.717) is 55.0 Å². The quantitative estimate of drug-likeness (QED) is 0.156. The number of benzene rings is 7. The van der Waals surface area contributed by atoms with E-state index in [0.717, 1.165) is 57.6 Å². The van der Waals surface area contributed by atoms with Crippen molar-refractivity contribution in [3.8, 4) is 55.9 Å². The molecular weight excluding hydrogens is 1120 g/mol. The zero-order chi connectivity index (χ0) is 59.0. The third-order valence-electron chi connectivity index (χ3n) is 14.3. The van der Waals surface area contributed by atoms with Gasteiger partial charge in [0.25, 0.3) is 0 Å². The van der Waals surface area contributed by atoms with E-state index >= 15 is 0 Å². The molecule has 11 aromatic rings. The first-order valence-electron chi connectivity index (χ1n) is 24.2. The molecule has 0 aliphatic rings. The minimum Gasteiger partial charge on any atom is -0.309 e. The molecule has 0 radical (unpaired) electrons. The van der Waals surface area contributed by atoms with Gasteiger partial charge in [0, 0.05) is 68.8 Å². The predicted molar refractivity (Wildman–Crippen MR) is 272 cm³/mol. The molecule has 0 aliphatic carbocycles. The number of aryl methyl sites for hydroxylation is 2. The Bertz CT molecular complexity index is 4010. The smallest absolute Gasteiger partial charge is 0.309 e. The number of hydrogen-bond acceptors (Lipinski definition) is 2. The van der Waals surface area contributed by atoms with Gasteiger partial charge in [-0.15, -0.1) is 0 Å². The SMILES string of the molecule is Cc1cc(-c2ccc3c(c2)c2cnccc2n3-c2ccc(-c3c(C(F)(F)F)cc(C(F)(F)F)cc3C(F)(F)F)cc2)c(C)cc1-c1ccc2c(c1)c1cnccc1n2-c1ccc(-c2c(C(F)(F)F)cc(C(F)(F)F)cc2C(F)(F)F)cc1. The minimum atomic E-state index is -5.60. The Morgan fingerprint density at radius 2 is 0.598 bits per heavy atom. The summed E-state index contributed by atoms with van der Waals surface area (Å²) < 4.78 is 257. The number of fused-ring (bicyclic) bond motifs is 6. The van der Waals surface area contributed by atoms with E-state index in [1.165, 1.54) is 36.7 Å². The molecule has 11 rings (SSSR count). The molecule has 418 valence electrons. The van der Waals surface area contributed by atoms with Crippen LogP contribution in [0.1, 0.15) is 44.5 Å². The third kappa shape index (κ3) is 9.59. The second-order valence-electron chi connectivity index (χ2n) is 19.4. The zero-order valence-corrected chi connectivity index (χ0v) is 41.6. The van der Waals surface area contributed by atoms with Crippen LogP contribution in [0.5, 0.6) is 0 Å². The Morgan fingerprint density at radius 1 is 0.305 bits per heavy atom. The number of alkyl halides is 18. The van der Waals surface area contributed by atoms with E-state index in [1.807, 2.05) is 50.2 Å². The third-order valence-corrected chi connectivity index (χ3v) is 14.3. The lowest BCUT2D eigenvalue weighted by Gasteiger charge is -2.22. The fourth-order valence-electron chi connectivity index (χ4n) is 10.7. The summed E-state index contributed by atoms with van der Waals surface area (Å²) in [5.41, 5.74) is -9.25. The van der Waals surface area contributed by atoms with Gasteiger partial charge in [-0.25, -0.2) is 0 Å². The van der Waals surface area contributed by atoms with Gasteiger partial charge in [0.15, 0.2) is 0 Å². The van der Waals surface area contributed by atoms with Crippen LogP contribution in [0, 0.1) is 13.8 Å². The largest absolute Gasteiger partial charge is 0.417 e. The molecule has 0 amide bonds. The van der Waals surface area contributed by atoms with Gasteiger partial charge >= 0.3 is 37.1 Å². The van der Waals surface area contributed by atoms with Crippen molar-refractivity contribution in [2.24, 2.45) is 0 Å². The Labute approximate surface area is 450 Å². The lowest BCUT2D eigenvalue weighted by molar-refractivity contribution is -0.150. The van der Waals surface area contributed by atoms with Crippen molar-refractivity contribution >= 4 is 43.6 Å². The molecule has 22 heteroatoms. The molecule has 0 N–H and O–H groups in total. The minimum absolute atomic E-state index is 0.296. The molecule has 4 nitrogen and oxygen atoms in total. The highest BCUT2D eigenvalue weighted by molar-refractivity contribution is 6.11. The highest BCUT2D eigenvalue weighted by atomic mass is 19.4. The highest BCUT2D eigenvalue weighted by Gasteiger charge is 2.47. The van der Waals surface area contributed by atoms with Gasteiger partial charge in [0.2, 0.25) is 0 Å². The Morgan fingerprint density at radius 3 is 0.890 bits per heavy atom. The molecule has 0 bridgehead atoms. The van der Waals surface area contributed by atoms with Gasteiger partial charge in [-0.1, -0.05) is 48.5 Å². The first kappa shape index (κ1) is 55.1. The molecular formula is C60H32F18N4. The lowest BCUT2D eigenvalue weighted by Crippen LogP contribution is -2.18. The topological polar surface area (TPSA) is 35.6 Å². The normalized spacial score (nSPS) is 13.1. The first-order chi connectivity index (χ1) is 38.3. The van der Waals surface area contributed by atoms with Crippen molar-refractivity contribution in [3.63, 3.8) is 0 Å². The monoisotopic (exact) mass is 1150 g/mol. The fourth-order valence-corrected chi connectivity index (χ4v) is 10.7. The fraction of sp³-hybridized carbons (Fsp3) is 0.133. The predicted octanol–water partition coefficient (Wildman–Crippen LogP) is 20.1. The van der Waals surface area contributed by atoms with E-state index in [4.69, 9.17) is 0 Å². The Balaban J connectivity index is 0.950. The maximum absolute atomic E-state index is 14.3. The van der Waals surface area contributed by atoms with E-state index in [2.05, 4.69) is 9.97 Å². The van der Waals surface area contributed by atoms with Crippen molar-refractivity contribution in [2.45, 2.75) is 50.9 Å². The molecule has 0 saturated heterocycles. The number of aromatic nitrogens is 4. The summed E-state index contributed by atoms with van der Waals surface area (Å²) >= 11 is 0. The van der Waals surface area contributed by atoms with Crippen LogP contribution in [0.4, 0.5) is 79.0 Å². The summed E-state index contributed by atoms with van der Waals surface area (Å²) in [6.07, 6.45) is -27.3. The summed E-state index contributed by atoms with van der Waals surface area (Å²) in [6.45, 7) is 3.77. The second-order valence-corrected chi connectivity index (χ2v) is 19.4. The Kier molecular flexibility index (Phi) is 12.7. The van der Waals surface area contributed by atoms with Crippen LogP contribution in [-0.2, 0) is 37.1 Å². The van der Waals surface area contributed by atoms with E-state index in [9.17, 15) is 79.0 Å². The molecule has 0 atom stereocenters. The van der Waals surface area contributed by atoms with Crippen molar-refractivity contribution in [2.75, 3.05) is 0 Å². The van der Waals surface area contributed by atoms with Crippen molar-refractivity contribution < 1.29 is 79.0 Å². The molecule has 82 heavy (non-hydrogen) atoms. The number of hydrogen-bond donors (Lipinski definition) is 0. The molecule has 0 spiro atoms. The van der Waals surface area contributed by atoms with Gasteiger partial charge < -0.3 is 9.13 Å². The summed E-state index contributed by atoms with van der Waals surface area (Å²) in [4.78, 5) is 8.57. The summed E-state index contributed by atoms with van der Waals surface area (Å²) in [5.74, 6) is 0. The highest BCUT2D eigenvalue weighted by Crippen LogP contribution is 2.51.